The van der Waals surface area contributed by atoms with Crippen molar-refractivity contribution in [1.29, 1.82) is 0 Å². The first-order chi connectivity index (χ1) is 12.6. The molecule has 0 spiro atoms. The fourth-order valence-electron chi connectivity index (χ4n) is 2.58. The lowest BCUT2D eigenvalue weighted by molar-refractivity contribution is -0.143. The van der Waals surface area contributed by atoms with Crippen LogP contribution in [0, 0.1) is 5.82 Å². The van der Waals surface area contributed by atoms with Crippen LogP contribution in [0.2, 0.25) is 0 Å². The number of benzene rings is 1. The number of esters is 1. The molecule has 8 heteroatoms. The Morgan fingerprint density at radius 2 is 1.89 bits per heavy atom. The smallest absolute Gasteiger partial charge is 0.410 e. The Labute approximate surface area is 157 Å². The van der Waals surface area contributed by atoms with Crippen LogP contribution >= 0.6 is 0 Å². The van der Waals surface area contributed by atoms with Crippen LogP contribution in [0.4, 0.5) is 9.18 Å². The van der Waals surface area contributed by atoms with Gasteiger partial charge in [-0.3, -0.25) is 9.59 Å². The highest BCUT2D eigenvalue weighted by atomic mass is 19.1. The molecule has 1 saturated heterocycles. The van der Waals surface area contributed by atoms with Gasteiger partial charge in [0.1, 0.15) is 11.4 Å². The highest BCUT2D eigenvalue weighted by Crippen LogP contribution is 2.12. The quantitative estimate of drug-likeness (QED) is 0.622. The van der Waals surface area contributed by atoms with Crippen LogP contribution in [0.25, 0.3) is 0 Å². The van der Waals surface area contributed by atoms with E-state index < -0.39 is 35.9 Å². The van der Waals surface area contributed by atoms with Crippen LogP contribution in [0.5, 0.6) is 0 Å². The summed E-state index contributed by atoms with van der Waals surface area (Å²) in [6, 6.07) is 4.75. The molecule has 0 aromatic heterocycles. The van der Waals surface area contributed by atoms with E-state index in [1.165, 1.54) is 24.3 Å². The molecule has 1 N–H and O–H groups in total. The number of halogens is 1. The fourth-order valence-corrected chi connectivity index (χ4v) is 2.58. The molecule has 1 unspecified atom stereocenters. The standard InChI is InChI=1S/C19H25FN2O5/c1-19(2,3)27-18(25)22-9-8-21-15(11-22)10-17(24)26-12-16(23)13-4-6-14(20)7-5-13/h4-7,15,21H,8-12H2,1-3H3. The first kappa shape index (κ1) is 20.8. The molecule has 1 aromatic rings. The van der Waals surface area contributed by atoms with Crippen molar-refractivity contribution in [1.82, 2.24) is 10.2 Å². The second kappa shape index (κ2) is 8.94. The molecule has 1 atom stereocenters. The maximum atomic E-state index is 12.9. The second-order valence-corrected chi connectivity index (χ2v) is 7.37. The van der Waals surface area contributed by atoms with E-state index in [4.69, 9.17) is 9.47 Å². The number of nitrogens with zero attached hydrogens (tertiary/aromatic N) is 1. The number of ether oxygens (including phenoxy) is 2. The summed E-state index contributed by atoms with van der Waals surface area (Å²) in [5.41, 5.74) is -0.312. The van der Waals surface area contributed by atoms with E-state index in [2.05, 4.69) is 5.32 Å². The largest absolute Gasteiger partial charge is 0.457 e. The predicted molar refractivity (Wildman–Crippen MR) is 95.9 cm³/mol. The summed E-state index contributed by atoms with van der Waals surface area (Å²) in [6.45, 7) is 6.30. The van der Waals surface area contributed by atoms with Gasteiger partial charge in [0.05, 0.1) is 6.42 Å². The van der Waals surface area contributed by atoms with E-state index in [1.807, 2.05) is 0 Å². The van der Waals surface area contributed by atoms with Crippen molar-refractivity contribution in [3.63, 3.8) is 0 Å². The van der Waals surface area contributed by atoms with Gasteiger partial charge < -0.3 is 19.7 Å². The van der Waals surface area contributed by atoms with E-state index in [0.29, 0.717) is 19.6 Å². The lowest BCUT2D eigenvalue weighted by atomic mass is 10.1. The number of piperazine rings is 1. The first-order valence-corrected chi connectivity index (χ1v) is 8.80. The third-order valence-corrected chi connectivity index (χ3v) is 3.85. The normalized spacial score (nSPS) is 17.3. The summed E-state index contributed by atoms with van der Waals surface area (Å²) < 4.78 is 23.2. The molecule has 2 rings (SSSR count). The molecule has 1 fully saturated rings. The van der Waals surface area contributed by atoms with Gasteiger partial charge >= 0.3 is 12.1 Å². The zero-order valence-corrected chi connectivity index (χ0v) is 15.8. The minimum atomic E-state index is -0.586. The maximum Gasteiger partial charge on any atom is 0.410 e. The number of Topliss-reactive ketones (excluding diaryl/α,β-unsaturated/α-hetero) is 1. The molecule has 1 aromatic carbocycles. The van der Waals surface area contributed by atoms with Crippen LogP contribution < -0.4 is 5.32 Å². The van der Waals surface area contributed by atoms with E-state index >= 15 is 0 Å². The number of carbonyl (C=O) groups excluding carboxylic acids is 3. The highest BCUT2D eigenvalue weighted by Gasteiger charge is 2.28. The summed E-state index contributed by atoms with van der Waals surface area (Å²) in [7, 11) is 0. The van der Waals surface area contributed by atoms with Gasteiger partial charge in [-0.2, -0.15) is 0 Å². The van der Waals surface area contributed by atoms with E-state index in [1.54, 1.807) is 25.7 Å². The molecule has 27 heavy (non-hydrogen) atoms. The number of hydrogen-bond donors (Lipinski definition) is 1. The number of carbonyl (C=O) groups is 3. The lowest BCUT2D eigenvalue weighted by Gasteiger charge is -2.34. The van der Waals surface area contributed by atoms with Gasteiger partial charge in [-0.25, -0.2) is 9.18 Å². The van der Waals surface area contributed by atoms with Crippen LogP contribution in [0.1, 0.15) is 37.6 Å². The van der Waals surface area contributed by atoms with Crippen molar-refractivity contribution < 1.29 is 28.2 Å². The summed E-state index contributed by atoms with van der Waals surface area (Å²) in [6.07, 6.45) is -0.399. The zero-order valence-electron chi connectivity index (χ0n) is 15.8. The lowest BCUT2D eigenvalue weighted by Crippen LogP contribution is -2.54. The number of rotatable bonds is 5. The molecule has 7 nitrogen and oxygen atoms in total. The molecule has 148 valence electrons. The fraction of sp³-hybridized carbons (Fsp3) is 0.526. The Morgan fingerprint density at radius 3 is 2.52 bits per heavy atom. The molecule has 0 radical (unpaired) electrons. The SMILES string of the molecule is CC(C)(C)OC(=O)N1CCNC(CC(=O)OCC(=O)c2ccc(F)cc2)C1. The Bertz CT molecular complexity index is 684. The van der Waals surface area contributed by atoms with Crippen molar-refractivity contribution in [2.24, 2.45) is 0 Å². The monoisotopic (exact) mass is 380 g/mol. The number of hydrogen-bond acceptors (Lipinski definition) is 6. The molecule has 1 aliphatic heterocycles. The Morgan fingerprint density at radius 1 is 1.22 bits per heavy atom. The average molecular weight is 380 g/mol. The first-order valence-electron chi connectivity index (χ1n) is 8.80. The van der Waals surface area contributed by atoms with Crippen molar-refractivity contribution in [3.8, 4) is 0 Å². The molecular formula is C19H25FN2O5. The number of nitrogens with one attached hydrogen (secondary N) is 1. The molecule has 1 heterocycles. The number of ketones is 1. The summed E-state index contributed by atoms with van der Waals surface area (Å²) in [5, 5.41) is 3.15. The van der Waals surface area contributed by atoms with Crippen LogP contribution in [-0.2, 0) is 14.3 Å². The summed E-state index contributed by atoms with van der Waals surface area (Å²) >= 11 is 0. The highest BCUT2D eigenvalue weighted by molar-refractivity contribution is 5.97. The van der Waals surface area contributed by atoms with Crippen LogP contribution in [0.3, 0.4) is 0 Å². The van der Waals surface area contributed by atoms with Gasteiger partial charge in [0, 0.05) is 31.2 Å². The average Bonchev–Trinajstić information content (AvgIpc) is 2.59. The van der Waals surface area contributed by atoms with E-state index in [0.717, 1.165) is 0 Å². The maximum absolute atomic E-state index is 12.9. The Balaban J connectivity index is 1.78. The molecule has 0 aliphatic carbocycles. The molecule has 0 bridgehead atoms. The molecule has 0 saturated carbocycles. The van der Waals surface area contributed by atoms with E-state index in [9.17, 15) is 18.8 Å². The van der Waals surface area contributed by atoms with Crippen molar-refractivity contribution in [2.45, 2.75) is 38.8 Å². The van der Waals surface area contributed by atoms with Crippen molar-refractivity contribution >= 4 is 17.8 Å². The second-order valence-electron chi connectivity index (χ2n) is 7.37. The Kier molecular flexibility index (Phi) is 6.90. The summed E-state index contributed by atoms with van der Waals surface area (Å²) in [5.74, 6) is -1.40. The van der Waals surface area contributed by atoms with E-state index in [-0.39, 0.29) is 18.0 Å². The van der Waals surface area contributed by atoms with Gasteiger partial charge in [0.15, 0.2) is 12.4 Å². The van der Waals surface area contributed by atoms with Gasteiger partial charge in [-0.1, -0.05) is 0 Å². The third kappa shape index (κ3) is 6.97. The molecule has 1 amide bonds. The van der Waals surface area contributed by atoms with Crippen LogP contribution in [-0.4, -0.2) is 60.6 Å². The van der Waals surface area contributed by atoms with Crippen LogP contribution in [0.15, 0.2) is 24.3 Å². The zero-order chi connectivity index (χ0) is 20.0. The minimum absolute atomic E-state index is 0.0238. The molecule has 1 aliphatic rings. The third-order valence-electron chi connectivity index (χ3n) is 3.85. The Hall–Kier alpha value is -2.48. The van der Waals surface area contributed by atoms with Gasteiger partial charge in [-0.15, -0.1) is 0 Å². The predicted octanol–water partition coefficient (Wildman–Crippen LogP) is 2.15. The minimum Gasteiger partial charge on any atom is -0.457 e. The number of amides is 1. The van der Waals surface area contributed by atoms with Crippen molar-refractivity contribution in [3.05, 3.63) is 35.6 Å². The van der Waals surface area contributed by atoms with Crippen molar-refractivity contribution in [2.75, 3.05) is 26.2 Å². The van der Waals surface area contributed by atoms with Gasteiger partial charge in [0.25, 0.3) is 0 Å². The molecular weight excluding hydrogens is 355 g/mol. The van der Waals surface area contributed by atoms with Gasteiger partial charge in [-0.05, 0) is 45.0 Å². The topological polar surface area (TPSA) is 84.9 Å². The van der Waals surface area contributed by atoms with Gasteiger partial charge in [0.2, 0.25) is 0 Å². The summed E-state index contributed by atoms with van der Waals surface area (Å²) in [4.78, 5) is 37.6.